The van der Waals surface area contributed by atoms with E-state index < -0.39 is 11.7 Å². The van der Waals surface area contributed by atoms with E-state index in [1.807, 2.05) is 6.92 Å². The van der Waals surface area contributed by atoms with Crippen molar-refractivity contribution in [1.82, 2.24) is 4.98 Å². The SMILES string of the molecule is CCCOc1cncc(C(O)C2(O)CCCC2)c1. The van der Waals surface area contributed by atoms with E-state index in [9.17, 15) is 10.2 Å². The third-order valence-electron chi connectivity index (χ3n) is 3.50. The van der Waals surface area contributed by atoms with Crippen molar-refractivity contribution in [2.75, 3.05) is 6.61 Å². The van der Waals surface area contributed by atoms with Gasteiger partial charge in [-0.2, -0.15) is 0 Å². The molecular weight excluding hydrogens is 230 g/mol. The Balaban J connectivity index is 2.12. The Bertz CT molecular complexity index is 388. The van der Waals surface area contributed by atoms with E-state index in [2.05, 4.69) is 4.98 Å². The van der Waals surface area contributed by atoms with Crippen molar-refractivity contribution in [2.24, 2.45) is 0 Å². The van der Waals surface area contributed by atoms with Crippen molar-refractivity contribution in [3.8, 4) is 5.75 Å². The van der Waals surface area contributed by atoms with Crippen molar-refractivity contribution in [2.45, 2.75) is 50.7 Å². The number of pyridine rings is 1. The van der Waals surface area contributed by atoms with Gasteiger partial charge in [-0.1, -0.05) is 19.8 Å². The van der Waals surface area contributed by atoms with Crippen molar-refractivity contribution in [3.63, 3.8) is 0 Å². The van der Waals surface area contributed by atoms with Gasteiger partial charge in [0, 0.05) is 11.8 Å². The lowest BCUT2D eigenvalue weighted by atomic mass is 9.90. The van der Waals surface area contributed by atoms with Crippen LogP contribution in [0.15, 0.2) is 18.5 Å². The van der Waals surface area contributed by atoms with Gasteiger partial charge >= 0.3 is 0 Å². The van der Waals surface area contributed by atoms with Gasteiger partial charge in [0.05, 0.1) is 18.4 Å². The second-order valence-electron chi connectivity index (χ2n) is 5.02. The molecule has 2 N–H and O–H groups in total. The van der Waals surface area contributed by atoms with E-state index in [0.29, 0.717) is 30.8 Å². The maximum Gasteiger partial charge on any atom is 0.137 e. The van der Waals surface area contributed by atoms with Gasteiger partial charge in [-0.05, 0) is 25.3 Å². The largest absolute Gasteiger partial charge is 0.492 e. The predicted molar refractivity (Wildman–Crippen MR) is 68.4 cm³/mol. The van der Waals surface area contributed by atoms with Crippen LogP contribution < -0.4 is 4.74 Å². The zero-order chi connectivity index (χ0) is 13.0. The lowest BCUT2D eigenvalue weighted by Crippen LogP contribution is -2.32. The molecule has 1 aliphatic carbocycles. The second-order valence-corrected chi connectivity index (χ2v) is 5.02. The Morgan fingerprint density at radius 2 is 2.11 bits per heavy atom. The van der Waals surface area contributed by atoms with Gasteiger partial charge in [0.25, 0.3) is 0 Å². The average molecular weight is 251 g/mol. The highest BCUT2D eigenvalue weighted by molar-refractivity contribution is 5.27. The maximum absolute atomic E-state index is 10.4. The molecule has 1 aromatic rings. The number of aliphatic hydroxyl groups excluding tert-OH is 1. The summed E-state index contributed by atoms with van der Waals surface area (Å²) in [7, 11) is 0. The molecule has 1 unspecified atom stereocenters. The van der Waals surface area contributed by atoms with Crippen LogP contribution >= 0.6 is 0 Å². The van der Waals surface area contributed by atoms with E-state index in [4.69, 9.17) is 4.74 Å². The van der Waals surface area contributed by atoms with Crippen LogP contribution in [0.25, 0.3) is 0 Å². The van der Waals surface area contributed by atoms with Gasteiger partial charge in [0.2, 0.25) is 0 Å². The highest BCUT2D eigenvalue weighted by Gasteiger charge is 2.39. The molecule has 1 fully saturated rings. The zero-order valence-electron chi connectivity index (χ0n) is 10.8. The summed E-state index contributed by atoms with van der Waals surface area (Å²) in [6.45, 7) is 2.67. The first-order valence-corrected chi connectivity index (χ1v) is 6.64. The Morgan fingerprint density at radius 3 is 2.78 bits per heavy atom. The second kappa shape index (κ2) is 5.67. The first-order chi connectivity index (χ1) is 8.65. The number of ether oxygens (including phenoxy) is 1. The molecule has 0 saturated heterocycles. The Hall–Kier alpha value is -1.13. The van der Waals surface area contributed by atoms with Gasteiger partial charge < -0.3 is 14.9 Å². The third-order valence-corrected chi connectivity index (χ3v) is 3.50. The molecule has 0 bridgehead atoms. The van der Waals surface area contributed by atoms with E-state index in [-0.39, 0.29) is 0 Å². The van der Waals surface area contributed by atoms with Gasteiger partial charge in [-0.25, -0.2) is 0 Å². The molecule has 1 aromatic heterocycles. The van der Waals surface area contributed by atoms with Crippen LogP contribution in [0.5, 0.6) is 5.75 Å². The quantitative estimate of drug-likeness (QED) is 0.842. The van der Waals surface area contributed by atoms with Crippen LogP contribution in [0.1, 0.15) is 50.7 Å². The molecule has 100 valence electrons. The maximum atomic E-state index is 10.4. The molecular formula is C14H21NO3. The predicted octanol–water partition coefficient (Wildman–Crippen LogP) is 2.21. The number of hydrogen-bond acceptors (Lipinski definition) is 4. The summed E-state index contributed by atoms with van der Waals surface area (Å²) in [4.78, 5) is 4.07. The molecule has 0 spiro atoms. The number of hydrogen-bond donors (Lipinski definition) is 2. The van der Waals surface area contributed by atoms with Gasteiger partial charge in [-0.3, -0.25) is 4.98 Å². The van der Waals surface area contributed by atoms with Crippen LogP contribution in [0.4, 0.5) is 0 Å². The fourth-order valence-corrected chi connectivity index (χ4v) is 2.45. The molecule has 0 radical (unpaired) electrons. The summed E-state index contributed by atoms with van der Waals surface area (Å²) >= 11 is 0. The fourth-order valence-electron chi connectivity index (χ4n) is 2.45. The number of aliphatic hydroxyl groups is 2. The molecule has 1 heterocycles. The van der Waals surface area contributed by atoms with Crippen LogP contribution in [-0.4, -0.2) is 27.4 Å². The van der Waals surface area contributed by atoms with Crippen molar-refractivity contribution >= 4 is 0 Å². The smallest absolute Gasteiger partial charge is 0.137 e. The number of aromatic nitrogens is 1. The Kier molecular flexibility index (Phi) is 4.19. The molecule has 1 aliphatic rings. The van der Waals surface area contributed by atoms with Crippen LogP contribution in [0.2, 0.25) is 0 Å². The third kappa shape index (κ3) is 2.82. The zero-order valence-corrected chi connectivity index (χ0v) is 10.8. The Labute approximate surface area is 108 Å². The summed E-state index contributed by atoms with van der Waals surface area (Å²) in [5, 5.41) is 20.6. The molecule has 0 aliphatic heterocycles. The van der Waals surface area contributed by atoms with E-state index in [0.717, 1.165) is 19.3 Å². The summed E-state index contributed by atoms with van der Waals surface area (Å²) < 4.78 is 5.49. The van der Waals surface area contributed by atoms with Crippen molar-refractivity contribution in [1.29, 1.82) is 0 Å². The number of nitrogens with zero attached hydrogens (tertiary/aromatic N) is 1. The minimum Gasteiger partial charge on any atom is -0.492 e. The van der Waals surface area contributed by atoms with Gasteiger partial charge in [0.1, 0.15) is 11.9 Å². The highest BCUT2D eigenvalue weighted by Crippen LogP contribution is 2.40. The average Bonchev–Trinajstić information content (AvgIpc) is 2.84. The van der Waals surface area contributed by atoms with Gasteiger partial charge in [0.15, 0.2) is 0 Å². The molecule has 1 atom stereocenters. The normalized spacial score (nSPS) is 19.7. The lowest BCUT2D eigenvalue weighted by Gasteiger charge is -2.28. The molecule has 18 heavy (non-hydrogen) atoms. The molecule has 4 nitrogen and oxygen atoms in total. The molecule has 4 heteroatoms. The molecule has 0 amide bonds. The topological polar surface area (TPSA) is 62.6 Å². The highest BCUT2D eigenvalue weighted by atomic mass is 16.5. The number of rotatable bonds is 5. The van der Waals surface area contributed by atoms with Crippen molar-refractivity contribution in [3.05, 3.63) is 24.0 Å². The minimum atomic E-state index is -0.995. The van der Waals surface area contributed by atoms with E-state index in [1.54, 1.807) is 18.5 Å². The first-order valence-electron chi connectivity index (χ1n) is 6.64. The summed E-state index contributed by atoms with van der Waals surface area (Å²) in [6.07, 6.45) is 6.50. The summed E-state index contributed by atoms with van der Waals surface area (Å²) in [5.74, 6) is 0.648. The molecule has 0 aromatic carbocycles. The van der Waals surface area contributed by atoms with Crippen LogP contribution in [0, 0.1) is 0 Å². The van der Waals surface area contributed by atoms with Crippen LogP contribution in [0.3, 0.4) is 0 Å². The van der Waals surface area contributed by atoms with E-state index in [1.165, 1.54) is 0 Å². The monoisotopic (exact) mass is 251 g/mol. The Morgan fingerprint density at radius 1 is 1.39 bits per heavy atom. The molecule has 2 rings (SSSR count). The van der Waals surface area contributed by atoms with E-state index >= 15 is 0 Å². The molecule has 1 saturated carbocycles. The van der Waals surface area contributed by atoms with Gasteiger partial charge in [-0.15, -0.1) is 0 Å². The summed E-state index contributed by atoms with van der Waals surface area (Å²) in [5.41, 5.74) is -0.363. The van der Waals surface area contributed by atoms with Crippen molar-refractivity contribution < 1.29 is 14.9 Å². The minimum absolute atomic E-state index is 0.630. The lowest BCUT2D eigenvalue weighted by molar-refractivity contribution is -0.0721. The van der Waals surface area contributed by atoms with Crippen LogP contribution in [-0.2, 0) is 0 Å². The fraction of sp³-hybridized carbons (Fsp3) is 0.643. The summed E-state index contributed by atoms with van der Waals surface area (Å²) in [6, 6.07) is 1.77. The standard InChI is InChI=1S/C14H21NO3/c1-2-7-18-12-8-11(9-15-10-12)13(16)14(17)5-3-4-6-14/h8-10,13,16-17H,2-7H2,1H3. The first kappa shape index (κ1) is 13.3.